The van der Waals surface area contributed by atoms with Crippen molar-refractivity contribution in [2.24, 2.45) is 11.8 Å². The van der Waals surface area contributed by atoms with Crippen LogP contribution in [0.3, 0.4) is 0 Å². The summed E-state index contributed by atoms with van der Waals surface area (Å²) in [7, 11) is 0. The number of hydrogen-bond acceptors (Lipinski definition) is 2. The number of carboxylic acid groups (broad SMARTS) is 1. The number of rotatable bonds is 6. The van der Waals surface area contributed by atoms with E-state index in [4.69, 9.17) is 5.11 Å². The van der Waals surface area contributed by atoms with Crippen molar-refractivity contribution >= 4 is 12.0 Å². The fraction of sp³-hybridized carbons (Fsp3) is 0.846. The van der Waals surface area contributed by atoms with Gasteiger partial charge < -0.3 is 15.3 Å². The number of carbonyl (C=O) groups is 2. The lowest BCUT2D eigenvalue weighted by Gasteiger charge is -2.30. The minimum Gasteiger partial charge on any atom is -0.480 e. The predicted molar refractivity (Wildman–Crippen MR) is 71.5 cm³/mol. The Balaban J connectivity index is 4.72. The Labute approximate surface area is 110 Å². The van der Waals surface area contributed by atoms with Gasteiger partial charge >= 0.3 is 12.0 Å². The Morgan fingerprint density at radius 3 is 1.89 bits per heavy atom. The van der Waals surface area contributed by atoms with Gasteiger partial charge in [0.1, 0.15) is 6.04 Å². The van der Waals surface area contributed by atoms with E-state index in [0.29, 0.717) is 12.5 Å². The van der Waals surface area contributed by atoms with Crippen LogP contribution >= 0.6 is 0 Å². The summed E-state index contributed by atoms with van der Waals surface area (Å²) in [5.41, 5.74) is 0. The van der Waals surface area contributed by atoms with Gasteiger partial charge in [0.2, 0.25) is 0 Å². The second kappa shape index (κ2) is 7.24. The monoisotopic (exact) mass is 258 g/mol. The summed E-state index contributed by atoms with van der Waals surface area (Å²) in [4.78, 5) is 24.8. The second-order valence-corrected chi connectivity index (χ2v) is 5.65. The summed E-state index contributed by atoms with van der Waals surface area (Å²) in [5.74, 6) is -0.786. The van der Waals surface area contributed by atoms with E-state index in [-0.39, 0.29) is 18.0 Å². The maximum atomic E-state index is 12.1. The molecule has 0 heterocycles. The molecule has 1 atom stereocenters. The van der Waals surface area contributed by atoms with Crippen molar-refractivity contribution in [2.45, 2.75) is 53.6 Å². The van der Waals surface area contributed by atoms with Crippen LogP contribution < -0.4 is 5.32 Å². The number of amides is 2. The lowest BCUT2D eigenvalue weighted by molar-refractivity contribution is -0.140. The van der Waals surface area contributed by atoms with Crippen LogP contribution in [0.15, 0.2) is 0 Å². The minimum absolute atomic E-state index is 0.0500. The molecule has 0 fully saturated rings. The number of nitrogens with zero attached hydrogens (tertiary/aromatic N) is 1. The summed E-state index contributed by atoms with van der Waals surface area (Å²) in [5, 5.41) is 11.7. The molecule has 2 N–H and O–H groups in total. The van der Waals surface area contributed by atoms with Gasteiger partial charge in [-0.05, 0) is 25.7 Å². The smallest absolute Gasteiger partial charge is 0.326 e. The van der Waals surface area contributed by atoms with Gasteiger partial charge in [-0.25, -0.2) is 9.59 Å². The first-order valence-corrected chi connectivity index (χ1v) is 6.46. The molecule has 0 aliphatic rings. The molecule has 0 aromatic carbocycles. The first-order chi connectivity index (χ1) is 8.16. The van der Waals surface area contributed by atoms with Crippen LogP contribution in [0.25, 0.3) is 0 Å². The average Bonchev–Trinajstić information content (AvgIpc) is 2.20. The molecule has 0 aromatic rings. The van der Waals surface area contributed by atoms with Crippen molar-refractivity contribution < 1.29 is 14.7 Å². The summed E-state index contributed by atoms with van der Waals surface area (Å²) < 4.78 is 0. The fourth-order valence-corrected chi connectivity index (χ4v) is 1.65. The third kappa shape index (κ3) is 5.38. The molecule has 18 heavy (non-hydrogen) atoms. The molecule has 0 bridgehead atoms. The molecule has 0 aliphatic carbocycles. The van der Waals surface area contributed by atoms with E-state index in [9.17, 15) is 9.59 Å². The SMILES string of the molecule is CC(C)CN(C(=O)N[C@@H](C(=O)O)C(C)C)C(C)C. The lowest BCUT2D eigenvalue weighted by atomic mass is 10.1. The van der Waals surface area contributed by atoms with Crippen LogP contribution in [0.5, 0.6) is 0 Å². The Bertz CT molecular complexity index is 288. The molecular weight excluding hydrogens is 232 g/mol. The Morgan fingerprint density at radius 1 is 1.11 bits per heavy atom. The molecule has 0 saturated carbocycles. The highest BCUT2D eigenvalue weighted by molar-refractivity contribution is 5.82. The largest absolute Gasteiger partial charge is 0.480 e. The molecule has 0 saturated heterocycles. The number of hydrogen-bond donors (Lipinski definition) is 2. The number of carbonyl (C=O) groups excluding carboxylic acids is 1. The van der Waals surface area contributed by atoms with Gasteiger partial charge in [-0.15, -0.1) is 0 Å². The quantitative estimate of drug-likeness (QED) is 0.767. The maximum Gasteiger partial charge on any atom is 0.326 e. The summed E-state index contributed by atoms with van der Waals surface area (Å²) >= 11 is 0. The van der Waals surface area contributed by atoms with E-state index in [1.54, 1.807) is 18.7 Å². The highest BCUT2D eigenvalue weighted by atomic mass is 16.4. The highest BCUT2D eigenvalue weighted by Crippen LogP contribution is 2.07. The van der Waals surface area contributed by atoms with E-state index in [0.717, 1.165) is 0 Å². The van der Waals surface area contributed by atoms with E-state index >= 15 is 0 Å². The number of carboxylic acids is 1. The standard InChI is InChI=1S/C13H26N2O3/c1-8(2)7-15(10(5)6)13(18)14-11(9(3)4)12(16)17/h8-11H,7H2,1-6H3,(H,14,18)(H,16,17)/t11-/m1/s1. The zero-order chi connectivity index (χ0) is 14.5. The van der Waals surface area contributed by atoms with Gasteiger partial charge in [0.25, 0.3) is 0 Å². The minimum atomic E-state index is -0.994. The van der Waals surface area contributed by atoms with Gasteiger partial charge in [0.05, 0.1) is 0 Å². The molecule has 5 nitrogen and oxygen atoms in total. The van der Waals surface area contributed by atoms with Gasteiger partial charge in [0, 0.05) is 12.6 Å². The van der Waals surface area contributed by atoms with E-state index < -0.39 is 12.0 Å². The Morgan fingerprint density at radius 2 is 1.61 bits per heavy atom. The molecular formula is C13H26N2O3. The topological polar surface area (TPSA) is 69.6 Å². The van der Waals surface area contributed by atoms with E-state index in [1.165, 1.54) is 0 Å². The number of aliphatic carboxylic acids is 1. The molecule has 2 amide bonds. The van der Waals surface area contributed by atoms with Gasteiger partial charge in [-0.2, -0.15) is 0 Å². The van der Waals surface area contributed by atoms with Crippen molar-refractivity contribution in [3.8, 4) is 0 Å². The fourth-order valence-electron chi connectivity index (χ4n) is 1.65. The molecule has 0 spiro atoms. The van der Waals surface area contributed by atoms with Crippen molar-refractivity contribution in [3.63, 3.8) is 0 Å². The highest BCUT2D eigenvalue weighted by Gasteiger charge is 2.27. The molecule has 0 rings (SSSR count). The zero-order valence-electron chi connectivity index (χ0n) is 12.2. The van der Waals surface area contributed by atoms with Crippen LogP contribution in [0.4, 0.5) is 4.79 Å². The molecule has 0 aromatic heterocycles. The average molecular weight is 258 g/mol. The van der Waals surface area contributed by atoms with Crippen LogP contribution in [-0.2, 0) is 4.79 Å². The van der Waals surface area contributed by atoms with Crippen molar-refractivity contribution in [1.29, 1.82) is 0 Å². The lowest BCUT2D eigenvalue weighted by Crippen LogP contribution is -2.52. The first kappa shape index (κ1) is 16.7. The first-order valence-electron chi connectivity index (χ1n) is 6.46. The van der Waals surface area contributed by atoms with Crippen molar-refractivity contribution in [3.05, 3.63) is 0 Å². The van der Waals surface area contributed by atoms with Crippen LogP contribution in [-0.4, -0.2) is 40.6 Å². The predicted octanol–water partition coefficient (Wildman–Crippen LogP) is 2.17. The summed E-state index contributed by atoms with van der Waals surface area (Å²) in [6.45, 7) is 12.1. The number of nitrogens with one attached hydrogen (secondary N) is 1. The Kier molecular flexibility index (Phi) is 6.73. The summed E-state index contributed by atoms with van der Waals surface area (Å²) in [6.07, 6.45) is 0. The third-order valence-electron chi connectivity index (χ3n) is 2.66. The maximum absolute atomic E-state index is 12.1. The van der Waals surface area contributed by atoms with Crippen molar-refractivity contribution in [1.82, 2.24) is 10.2 Å². The van der Waals surface area contributed by atoms with Gasteiger partial charge in [0.15, 0.2) is 0 Å². The molecule has 0 unspecified atom stereocenters. The molecule has 106 valence electrons. The molecule has 0 radical (unpaired) electrons. The van der Waals surface area contributed by atoms with Crippen LogP contribution in [0, 0.1) is 11.8 Å². The van der Waals surface area contributed by atoms with Crippen molar-refractivity contribution in [2.75, 3.05) is 6.54 Å². The number of urea groups is 1. The third-order valence-corrected chi connectivity index (χ3v) is 2.66. The molecule has 5 heteroatoms. The normalized spacial score (nSPS) is 12.9. The summed E-state index contributed by atoms with van der Waals surface area (Å²) in [6, 6.07) is -1.10. The van der Waals surface area contributed by atoms with Crippen LogP contribution in [0.1, 0.15) is 41.5 Å². The molecule has 0 aliphatic heterocycles. The second-order valence-electron chi connectivity index (χ2n) is 5.65. The van der Waals surface area contributed by atoms with Crippen LogP contribution in [0.2, 0.25) is 0 Å². The van der Waals surface area contributed by atoms with Gasteiger partial charge in [-0.1, -0.05) is 27.7 Å². The van der Waals surface area contributed by atoms with Gasteiger partial charge in [-0.3, -0.25) is 0 Å². The van der Waals surface area contributed by atoms with E-state index in [1.807, 2.05) is 27.7 Å². The van der Waals surface area contributed by atoms with E-state index in [2.05, 4.69) is 5.32 Å². The Hall–Kier alpha value is -1.26. The zero-order valence-corrected chi connectivity index (χ0v) is 12.2.